The predicted molar refractivity (Wildman–Crippen MR) is 125 cm³/mol. The summed E-state index contributed by atoms with van der Waals surface area (Å²) in [6.07, 6.45) is 1.60. The molecule has 0 unspecified atom stereocenters. The van der Waals surface area contributed by atoms with Crippen LogP contribution in [0.4, 0.5) is 0 Å². The molecule has 9 heteroatoms. The van der Waals surface area contributed by atoms with Crippen LogP contribution in [0.3, 0.4) is 0 Å². The average molecular weight is 448 g/mol. The highest BCUT2D eigenvalue weighted by Crippen LogP contribution is 2.32. The van der Waals surface area contributed by atoms with Gasteiger partial charge >= 0.3 is 5.97 Å². The van der Waals surface area contributed by atoms with Gasteiger partial charge in [0, 0.05) is 22.0 Å². The van der Waals surface area contributed by atoms with Gasteiger partial charge in [-0.25, -0.2) is 0 Å². The third kappa shape index (κ3) is 5.20. The zero-order valence-electron chi connectivity index (χ0n) is 16.0. The van der Waals surface area contributed by atoms with Crippen LogP contribution >= 0.6 is 24.8 Å². The van der Waals surface area contributed by atoms with Crippen LogP contribution in [-0.2, 0) is 16.0 Å². The Morgan fingerprint density at radius 2 is 1.63 bits per heavy atom. The number of rotatable bonds is 7. The summed E-state index contributed by atoms with van der Waals surface area (Å²) < 4.78 is 5.15. The number of H-pyrrole nitrogens is 1. The number of amidine groups is 2. The summed E-state index contributed by atoms with van der Waals surface area (Å²) in [6, 6.07) is 12.6. The van der Waals surface area contributed by atoms with Gasteiger partial charge in [-0.3, -0.25) is 15.6 Å². The number of halogens is 2. The van der Waals surface area contributed by atoms with Crippen molar-refractivity contribution in [1.82, 2.24) is 4.98 Å². The predicted octanol–water partition coefficient (Wildman–Crippen LogP) is 3.52. The Labute approximate surface area is 186 Å². The minimum absolute atomic E-state index is 0. The second-order valence-electron chi connectivity index (χ2n) is 6.29. The molecule has 1 aromatic heterocycles. The summed E-state index contributed by atoms with van der Waals surface area (Å²) in [5.41, 5.74) is 15.5. The van der Waals surface area contributed by atoms with Crippen molar-refractivity contribution in [3.63, 3.8) is 0 Å². The van der Waals surface area contributed by atoms with E-state index in [1.807, 2.05) is 18.2 Å². The van der Waals surface area contributed by atoms with Crippen LogP contribution in [-0.4, -0.2) is 29.2 Å². The van der Waals surface area contributed by atoms with Gasteiger partial charge < -0.3 is 21.2 Å². The molecule has 0 amide bonds. The molecule has 3 rings (SSSR count). The van der Waals surface area contributed by atoms with Crippen LogP contribution in [0.2, 0.25) is 0 Å². The fourth-order valence-electron chi connectivity index (χ4n) is 3.02. The summed E-state index contributed by atoms with van der Waals surface area (Å²) in [7, 11) is 0. The largest absolute Gasteiger partial charge is 0.461 e. The molecule has 0 bridgehead atoms. The minimum Gasteiger partial charge on any atom is -0.461 e. The van der Waals surface area contributed by atoms with E-state index in [4.69, 9.17) is 27.0 Å². The van der Waals surface area contributed by atoms with E-state index < -0.39 is 0 Å². The fourth-order valence-corrected chi connectivity index (χ4v) is 3.02. The molecule has 0 spiro atoms. The Bertz CT molecular complexity index is 1090. The molecule has 7 N–H and O–H groups in total. The molecule has 158 valence electrons. The quantitative estimate of drug-likeness (QED) is 0.163. The van der Waals surface area contributed by atoms with Crippen molar-refractivity contribution >= 4 is 53.4 Å². The SMILES string of the molecule is C=CCOC(=O)Cc1c(-c2ccc(C(=N)N)cc2)[nH]c2cc(C(=N)N)ccc12.Cl.Cl. The van der Waals surface area contributed by atoms with E-state index in [2.05, 4.69) is 11.6 Å². The second-order valence-corrected chi connectivity index (χ2v) is 6.29. The Kier molecular flexibility index (Phi) is 8.64. The molecule has 2 aromatic carbocycles. The number of benzene rings is 2. The van der Waals surface area contributed by atoms with Crippen LogP contribution in [0.15, 0.2) is 55.1 Å². The van der Waals surface area contributed by atoms with Crippen molar-refractivity contribution in [2.24, 2.45) is 11.5 Å². The number of esters is 1. The molecule has 3 aromatic rings. The topological polar surface area (TPSA) is 142 Å². The molecule has 0 saturated carbocycles. The summed E-state index contributed by atoms with van der Waals surface area (Å²) in [6.45, 7) is 3.70. The van der Waals surface area contributed by atoms with Gasteiger partial charge in [0.1, 0.15) is 18.3 Å². The summed E-state index contributed by atoms with van der Waals surface area (Å²) >= 11 is 0. The molecular weight excluding hydrogens is 425 g/mol. The van der Waals surface area contributed by atoms with Crippen LogP contribution in [0, 0.1) is 10.8 Å². The number of nitrogens with two attached hydrogens (primary N) is 2. The average Bonchev–Trinajstić information content (AvgIpc) is 3.04. The van der Waals surface area contributed by atoms with Crippen LogP contribution in [0.5, 0.6) is 0 Å². The highest BCUT2D eigenvalue weighted by atomic mass is 35.5. The van der Waals surface area contributed by atoms with Gasteiger partial charge in [0.15, 0.2) is 0 Å². The van der Waals surface area contributed by atoms with Gasteiger partial charge in [-0.2, -0.15) is 0 Å². The Hall–Kier alpha value is -3.29. The van der Waals surface area contributed by atoms with Crippen molar-refractivity contribution in [2.45, 2.75) is 6.42 Å². The number of carbonyl (C=O) groups excluding carboxylic acids is 1. The smallest absolute Gasteiger partial charge is 0.310 e. The van der Waals surface area contributed by atoms with Gasteiger partial charge in [0.05, 0.1) is 12.1 Å². The normalized spacial score (nSPS) is 9.87. The van der Waals surface area contributed by atoms with E-state index in [-0.39, 0.29) is 55.5 Å². The standard InChI is InChI=1S/C21H21N5O2.2ClH/c1-2-9-28-18(27)11-16-15-8-7-14(21(24)25)10-17(15)26-19(16)12-3-5-13(6-4-12)20(22)23;;/h2-8,10,26H,1,9,11H2,(H3,22,23)(H3,24,25);2*1H. The molecule has 30 heavy (non-hydrogen) atoms. The first kappa shape index (κ1) is 24.7. The monoisotopic (exact) mass is 447 g/mol. The highest BCUT2D eigenvalue weighted by Gasteiger charge is 2.18. The number of nitrogens with one attached hydrogen (secondary N) is 3. The number of nitrogen functional groups attached to an aromatic ring is 2. The van der Waals surface area contributed by atoms with E-state index >= 15 is 0 Å². The number of hydrogen-bond acceptors (Lipinski definition) is 4. The van der Waals surface area contributed by atoms with E-state index in [1.165, 1.54) is 6.08 Å². The Balaban J connectivity index is 0.00000225. The van der Waals surface area contributed by atoms with E-state index in [0.29, 0.717) is 11.1 Å². The third-order valence-corrected chi connectivity index (χ3v) is 4.39. The van der Waals surface area contributed by atoms with Gasteiger partial charge in [0.25, 0.3) is 0 Å². The lowest BCUT2D eigenvalue weighted by atomic mass is 10.0. The third-order valence-electron chi connectivity index (χ3n) is 4.39. The fraction of sp³-hybridized carbons (Fsp3) is 0.0952. The maximum atomic E-state index is 12.2. The first-order chi connectivity index (χ1) is 13.4. The minimum atomic E-state index is -0.363. The lowest BCUT2D eigenvalue weighted by molar-refractivity contribution is -0.141. The number of carbonyl (C=O) groups is 1. The maximum absolute atomic E-state index is 12.2. The molecule has 7 nitrogen and oxygen atoms in total. The number of aromatic nitrogens is 1. The molecule has 0 aliphatic rings. The van der Waals surface area contributed by atoms with Crippen molar-refractivity contribution in [3.8, 4) is 11.3 Å². The lowest BCUT2D eigenvalue weighted by Crippen LogP contribution is -2.10. The molecule has 0 atom stereocenters. The van der Waals surface area contributed by atoms with E-state index in [9.17, 15) is 4.79 Å². The lowest BCUT2D eigenvalue weighted by Gasteiger charge is -2.07. The van der Waals surface area contributed by atoms with Crippen molar-refractivity contribution in [3.05, 3.63) is 71.8 Å². The molecular formula is C21H23Cl2N5O2. The van der Waals surface area contributed by atoms with Gasteiger partial charge in [-0.15, -0.1) is 24.8 Å². The first-order valence-electron chi connectivity index (χ1n) is 8.61. The molecule has 0 saturated heterocycles. The van der Waals surface area contributed by atoms with Gasteiger partial charge in [-0.1, -0.05) is 49.1 Å². The zero-order chi connectivity index (χ0) is 20.3. The van der Waals surface area contributed by atoms with Crippen molar-refractivity contribution < 1.29 is 9.53 Å². The highest BCUT2D eigenvalue weighted by molar-refractivity contribution is 6.01. The molecule has 0 radical (unpaired) electrons. The Morgan fingerprint density at radius 3 is 2.20 bits per heavy atom. The van der Waals surface area contributed by atoms with E-state index in [0.717, 1.165) is 27.7 Å². The van der Waals surface area contributed by atoms with Gasteiger partial charge in [0.2, 0.25) is 0 Å². The number of aromatic amines is 1. The number of ether oxygens (including phenoxy) is 1. The van der Waals surface area contributed by atoms with Crippen molar-refractivity contribution in [2.75, 3.05) is 6.61 Å². The summed E-state index contributed by atoms with van der Waals surface area (Å²) in [5.74, 6) is -0.406. The molecule has 0 fully saturated rings. The zero-order valence-corrected chi connectivity index (χ0v) is 17.7. The first-order valence-corrected chi connectivity index (χ1v) is 8.61. The number of hydrogen-bond donors (Lipinski definition) is 5. The Morgan fingerprint density at radius 1 is 1.03 bits per heavy atom. The maximum Gasteiger partial charge on any atom is 0.310 e. The number of fused-ring (bicyclic) bond motifs is 1. The van der Waals surface area contributed by atoms with Crippen molar-refractivity contribution in [1.29, 1.82) is 10.8 Å². The van der Waals surface area contributed by atoms with E-state index in [1.54, 1.807) is 24.3 Å². The second kappa shape index (κ2) is 10.5. The molecule has 0 aliphatic heterocycles. The van der Waals surface area contributed by atoms with Crippen LogP contribution in [0.25, 0.3) is 22.2 Å². The summed E-state index contributed by atoms with van der Waals surface area (Å²) in [4.78, 5) is 15.6. The van der Waals surface area contributed by atoms with Crippen LogP contribution < -0.4 is 11.5 Å². The molecule has 1 heterocycles. The van der Waals surface area contributed by atoms with Gasteiger partial charge in [-0.05, 0) is 17.2 Å². The van der Waals surface area contributed by atoms with Crippen LogP contribution in [0.1, 0.15) is 16.7 Å². The molecule has 0 aliphatic carbocycles. The summed E-state index contributed by atoms with van der Waals surface area (Å²) in [5, 5.41) is 16.0.